The Kier molecular flexibility index (Phi) is 4.48. The number of hydrogen-bond acceptors (Lipinski definition) is 3. The van der Waals surface area contributed by atoms with E-state index in [-0.39, 0.29) is 0 Å². The summed E-state index contributed by atoms with van der Waals surface area (Å²) >= 11 is 1.94. The lowest BCUT2D eigenvalue weighted by Gasteiger charge is -2.30. The molecule has 1 aliphatic heterocycles. The van der Waals surface area contributed by atoms with Crippen LogP contribution >= 0.6 is 11.8 Å². The minimum absolute atomic E-state index is 0.527. The molecule has 17 heavy (non-hydrogen) atoms. The van der Waals surface area contributed by atoms with Crippen molar-refractivity contribution in [2.24, 2.45) is 0 Å². The molecule has 2 rings (SSSR count). The average Bonchev–Trinajstić information content (AvgIpc) is 2.29. The van der Waals surface area contributed by atoms with Gasteiger partial charge in [0, 0.05) is 24.5 Å². The molecule has 0 amide bonds. The molecule has 0 saturated carbocycles. The van der Waals surface area contributed by atoms with E-state index in [1.54, 1.807) is 0 Å². The zero-order chi connectivity index (χ0) is 12.3. The number of thioether (sulfide) groups is 1. The Balaban J connectivity index is 1.94. The maximum absolute atomic E-state index is 3.56. The number of hydrogen-bond donors (Lipinski definition) is 1. The predicted octanol–water partition coefficient (Wildman–Crippen LogP) is 2.76. The normalized spacial score (nSPS) is 22.0. The quantitative estimate of drug-likeness (QED) is 0.888. The number of rotatable bonds is 3. The third-order valence-electron chi connectivity index (χ3n) is 3.17. The highest BCUT2D eigenvalue weighted by molar-refractivity contribution is 8.00. The lowest BCUT2D eigenvalue weighted by atomic mass is 10.0. The number of piperazine rings is 1. The van der Waals surface area contributed by atoms with E-state index < -0.39 is 0 Å². The number of likely N-dealkylation sites (N-methyl/N-ethyl adjacent to an activating group) is 1. The second kappa shape index (κ2) is 5.89. The molecule has 1 heterocycles. The highest BCUT2D eigenvalue weighted by Gasteiger charge is 2.17. The largest absolute Gasteiger partial charge is 0.303 e. The van der Waals surface area contributed by atoms with Crippen LogP contribution < -0.4 is 5.32 Å². The highest BCUT2D eigenvalue weighted by Crippen LogP contribution is 2.25. The molecule has 1 aromatic rings. The van der Waals surface area contributed by atoms with Gasteiger partial charge in [-0.3, -0.25) is 0 Å². The van der Waals surface area contributed by atoms with Gasteiger partial charge in [-0.1, -0.05) is 26.0 Å². The third kappa shape index (κ3) is 3.73. The van der Waals surface area contributed by atoms with E-state index in [4.69, 9.17) is 0 Å². The SMILES string of the molecule is CC(C)c1ccc(SC2CN(C)CCN2)cc1. The van der Waals surface area contributed by atoms with Gasteiger partial charge in [0.1, 0.15) is 0 Å². The van der Waals surface area contributed by atoms with E-state index in [1.165, 1.54) is 10.5 Å². The van der Waals surface area contributed by atoms with Gasteiger partial charge in [-0.05, 0) is 30.7 Å². The van der Waals surface area contributed by atoms with Crippen molar-refractivity contribution in [3.8, 4) is 0 Å². The third-order valence-corrected chi connectivity index (χ3v) is 4.31. The first kappa shape index (κ1) is 12.9. The molecule has 94 valence electrons. The van der Waals surface area contributed by atoms with Crippen LogP contribution in [0.4, 0.5) is 0 Å². The summed E-state index contributed by atoms with van der Waals surface area (Å²) in [4.78, 5) is 3.75. The van der Waals surface area contributed by atoms with Crippen molar-refractivity contribution in [2.75, 3.05) is 26.7 Å². The van der Waals surface area contributed by atoms with Crippen molar-refractivity contribution in [3.63, 3.8) is 0 Å². The first-order chi connectivity index (χ1) is 8.15. The van der Waals surface area contributed by atoms with E-state index >= 15 is 0 Å². The van der Waals surface area contributed by atoms with Crippen molar-refractivity contribution >= 4 is 11.8 Å². The zero-order valence-corrected chi connectivity index (χ0v) is 11.8. The van der Waals surface area contributed by atoms with E-state index in [2.05, 4.69) is 55.4 Å². The summed E-state index contributed by atoms with van der Waals surface area (Å²) in [7, 11) is 2.19. The predicted molar refractivity (Wildman–Crippen MR) is 75.7 cm³/mol. The summed E-state index contributed by atoms with van der Waals surface area (Å²) in [5.41, 5.74) is 1.42. The average molecular weight is 250 g/mol. The van der Waals surface area contributed by atoms with Crippen LogP contribution in [0.3, 0.4) is 0 Å². The lowest BCUT2D eigenvalue weighted by Crippen LogP contribution is -2.47. The molecule has 0 spiro atoms. The Morgan fingerprint density at radius 3 is 2.59 bits per heavy atom. The lowest BCUT2D eigenvalue weighted by molar-refractivity contribution is 0.278. The monoisotopic (exact) mass is 250 g/mol. The van der Waals surface area contributed by atoms with Crippen LogP contribution in [0, 0.1) is 0 Å². The highest BCUT2D eigenvalue weighted by atomic mass is 32.2. The summed E-state index contributed by atoms with van der Waals surface area (Å²) in [6, 6.07) is 8.99. The molecule has 1 aromatic carbocycles. The standard InChI is InChI=1S/C14H22N2S/c1-11(2)12-4-6-13(7-5-12)17-14-10-16(3)9-8-15-14/h4-7,11,14-15H,8-10H2,1-3H3. The van der Waals surface area contributed by atoms with Gasteiger partial charge in [0.2, 0.25) is 0 Å². The minimum Gasteiger partial charge on any atom is -0.303 e. The maximum Gasteiger partial charge on any atom is 0.0708 e. The van der Waals surface area contributed by atoms with Crippen molar-refractivity contribution in [1.29, 1.82) is 0 Å². The molecule has 0 radical (unpaired) electrons. The summed E-state index contributed by atoms with van der Waals surface area (Å²) in [5.74, 6) is 0.619. The summed E-state index contributed by atoms with van der Waals surface area (Å²) < 4.78 is 0. The summed E-state index contributed by atoms with van der Waals surface area (Å²) in [6.07, 6.45) is 0. The Morgan fingerprint density at radius 1 is 1.29 bits per heavy atom. The van der Waals surface area contributed by atoms with Gasteiger partial charge in [-0.2, -0.15) is 0 Å². The minimum atomic E-state index is 0.527. The van der Waals surface area contributed by atoms with Crippen LogP contribution in [-0.4, -0.2) is 37.0 Å². The van der Waals surface area contributed by atoms with Gasteiger partial charge in [0.25, 0.3) is 0 Å². The molecular weight excluding hydrogens is 228 g/mol. The molecule has 0 aliphatic carbocycles. The van der Waals surface area contributed by atoms with Gasteiger partial charge in [0.05, 0.1) is 5.37 Å². The number of nitrogens with one attached hydrogen (secondary N) is 1. The fourth-order valence-electron chi connectivity index (χ4n) is 2.03. The molecule has 1 atom stereocenters. The second-order valence-electron chi connectivity index (χ2n) is 5.05. The summed E-state index contributed by atoms with van der Waals surface area (Å²) in [6.45, 7) is 7.85. The van der Waals surface area contributed by atoms with E-state index in [9.17, 15) is 0 Å². The number of nitrogens with zero attached hydrogens (tertiary/aromatic N) is 1. The molecule has 1 N–H and O–H groups in total. The molecule has 0 aromatic heterocycles. The van der Waals surface area contributed by atoms with Gasteiger partial charge in [-0.15, -0.1) is 11.8 Å². The molecule has 1 saturated heterocycles. The van der Waals surface area contributed by atoms with Gasteiger partial charge in [0.15, 0.2) is 0 Å². The fraction of sp³-hybridized carbons (Fsp3) is 0.571. The Labute approximate surface area is 109 Å². The molecule has 1 fully saturated rings. The topological polar surface area (TPSA) is 15.3 Å². The van der Waals surface area contributed by atoms with Crippen molar-refractivity contribution in [3.05, 3.63) is 29.8 Å². The van der Waals surface area contributed by atoms with Crippen LogP contribution in [-0.2, 0) is 0 Å². The van der Waals surface area contributed by atoms with E-state index in [0.717, 1.165) is 19.6 Å². The first-order valence-electron chi connectivity index (χ1n) is 6.33. The van der Waals surface area contributed by atoms with Crippen LogP contribution in [0.2, 0.25) is 0 Å². The molecular formula is C14H22N2S. The molecule has 1 unspecified atom stereocenters. The van der Waals surface area contributed by atoms with Gasteiger partial charge in [-0.25, -0.2) is 0 Å². The van der Waals surface area contributed by atoms with Crippen LogP contribution in [0.5, 0.6) is 0 Å². The molecule has 2 nitrogen and oxygen atoms in total. The van der Waals surface area contributed by atoms with E-state index in [0.29, 0.717) is 11.3 Å². The smallest absolute Gasteiger partial charge is 0.0708 e. The van der Waals surface area contributed by atoms with Crippen molar-refractivity contribution in [2.45, 2.75) is 30.0 Å². The summed E-state index contributed by atoms with van der Waals surface area (Å²) in [5, 5.41) is 4.08. The maximum atomic E-state index is 3.56. The van der Waals surface area contributed by atoms with Crippen LogP contribution in [0.1, 0.15) is 25.3 Å². The van der Waals surface area contributed by atoms with E-state index in [1.807, 2.05) is 11.8 Å². The van der Waals surface area contributed by atoms with Crippen LogP contribution in [0.25, 0.3) is 0 Å². The van der Waals surface area contributed by atoms with Gasteiger partial charge < -0.3 is 10.2 Å². The zero-order valence-electron chi connectivity index (χ0n) is 10.9. The molecule has 3 heteroatoms. The Morgan fingerprint density at radius 2 is 2.00 bits per heavy atom. The Bertz CT molecular complexity index is 348. The van der Waals surface area contributed by atoms with Gasteiger partial charge >= 0.3 is 0 Å². The Hall–Kier alpha value is -0.510. The van der Waals surface area contributed by atoms with Crippen molar-refractivity contribution < 1.29 is 0 Å². The first-order valence-corrected chi connectivity index (χ1v) is 7.21. The van der Waals surface area contributed by atoms with Crippen LogP contribution in [0.15, 0.2) is 29.2 Å². The molecule has 1 aliphatic rings. The van der Waals surface area contributed by atoms with Crippen molar-refractivity contribution in [1.82, 2.24) is 10.2 Å². The second-order valence-corrected chi connectivity index (χ2v) is 6.32. The number of benzene rings is 1. The molecule has 0 bridgehead atoms. The fourth-order valence-corrected chi connectivity index (χ4v) is 3.18.